The van der Waals surface area contributed by atoms with Crippen molar-refractivity contribution in [2.45, 2.75) is 134 Å². The molecule has 5 atom stereocenters. The highest BCUT2D eigenvalue weighted by Gasteiger charge is 2.51. The average molecular weight is 781 g/mol. The molecule has 300 valence electrons. The van der Waals surface area contributed by atoms with E-state index in [9.17, 15) is 24.0 Å². The average Bonchev–Trinajstić information content (AvgIpc) is 3.69. The molecule has 2 aliphatic rings. The number of nitrogens with zero attached hydrogens (tertiary/aromatic N) is 1. The number of fused-ring (bicyclic) bond motifs is 1. The van der Waals surface area contributed by atoms with Crippen LogP contribution in [0.5, 0.6) is 0 Å². The van der Waals surface area contributed by atoms with Crippen LogP contribution in [0.1, 0.15) is 98.5 Å². The Bertz CT molecular complexity index is 1780. The lowest BCUT2D eigenvalue weighted by Crippen LogP contribution is -2.68. The number of hydrogen-bond acceptors (Lipinski definition) is 6. The van der Waals surface area contributed by atoms with E-state index in [0.29, 0.717) is 51.5 Å². The van der Waals surface area contributed by atoms with Crippen LogP contribution < -0.4 is 26.3 Å². The third-order valence-electron chi connectivity index (χ3n) is 11.6. The van der Waals surface area contributed by atoms with Crippen LogP contribution in [0.25, 0.3) is 0 Å². The van der Waals surface area contributed by atoms with E-state index in [1.165, 1.54) is 0 Å². The molecule has 10 nitrogen and oxygen atoms in total. The number of rotatable bonds is 14. The predicted octanol–water partition coefficient (Wildman–Crippen LogP) is 4.97. The van der Waals surface area contributed by atoms with Gasteiger partial charge in [-0.05, 0) is 66.9 Å². The molecule has 3 N–H and O–H groups in total. The van der Waals surface area contributed by atoms with E-state index in [1.807, 2.05) is 73.7 Å². The first kappa shape index (κ1) is 42.5. The quantitative estimate of drug-likeness (QED) is 0.156. The van der Waals surface area contributed by atoms with Gasteiger partial charge in [-0.25, -0.2) is 0 Å². The van der Waals surface area contributed by atoms with Crippen molar-refractivity contribution >= 4 is 48.1 Å². The molecule has 56 heavy (non-hydrogen) atoms. The lowest BCUT2D eigenvalue weighted by Gasteiger charge is -2.44. The summed E-state index contributed by atoms with van der Waals surface area (Å²) < 4.78 is 7.03. The third-order valence-corrected chi connectivity index (χ3v) is 16.7. The molecular formula is C45H60N4O6Si. The van der Waals surface area contributed by atoms with E-state index < -0.39 is 49.9 Å². The molecule has 0 spiro atoms. The van der Waals surface area contributed by atoms with Crippen LogP contribution in [0.15, 0.2) is 91.0 Å². The van der Waals surface area contributed by atoms with Crippen LogP contribution in [-0.2, 0) is 34.8 Å². The number of ketones is 1. The second-order valence-electron chi connectivity index (χ2n) is 16.6. The van der Waals surface area contributed by atoms with E-state index in [0.717, 1.165) is 15.9 Å². The highest BCUT2D eigenvalue weighted by Crippen LogP contribution is 2.37. The zero-order valence-corrected chi connectivity index (χ0v) is 34.9. The van der Waals surface area contributed by atoms with Gasteiger partial charge in [0.2, 0.25) is 23.6 Å². The van der Waals surface area contributed by atoms with E-state index in [2.05, 4.69) is 61.0 Å². The molecule has 2 saturated heterocycles. The minimum absolute atomic E-state index is 0.0244. The molecule has 11 heteroatoms. The van der Waals surface area contributed by atoms with Crippen molar-refractivity contribution in [3.8, 4) is 0 Å². The molecule has 0 radical (unpaired) electrons. The van der Waals surface area contributed by atoms with Gasteiger partial charge in [-0.3, -0.25) is 24.0 Å². The van der Waals surface area contributed by atoms with Gasteiger partial charge < -0.3 is 25.3 Å². The van der Waals surface area contributed by atoms with Gasteiger partial charge in [0, 0.05) is 19.4 Å². The summed E-state index contributed by atoms with van der Waals surface area (Å²) in [5, 5.41) is 10.8. The molecule has 3 aromatic rings. The first-order valence-corrected chi connectivity index (χ1v) is 22.2. The maximum Gasteiger partial charge on any atom is 0.262 e. The van der Waals surface area contributed by atoms with E-state index in [-0.39, 0.29) is 35.5 Å². The smallest absolute Gasteiger partial charge is 0.262 e. The standard InChI is InChI=1S/C45H60N4O6Si/c1-7-45(6)43(54)47-37(31-33-21-12-8-13-22-33)42(53)49-30-20-28-38(49)41(52)46-36(40(51)48-45)27-18-11-19-29-39(50)32(2)55-56(44(3,4)5,34-23-14-9-15-24-34)35-25-16-10-17-26-35/h8-10,12-17,21-26,32,36-38H,7,11,18-20,27-31H2,1-6H3,(H,46,52)(H,47,54)(H,48,51)/t32-,36-,37-,38+,45-/m0/s1. The molecule has 0 aliphatic carbocycles. The summed E-state index contributed by atoms with van der Waals surface area (Å²) in [6.07, 6.45) is 3.48. The van der Waals surface area contributed by atoms with E-state index >= 15 is 0 Å². The van der Waals surface area contributed by atoms with Gasteiger partial charge in [0.25, 0.3) is 8.32 Å². The zero-order chi connectivity index (χ0) is 40.5. The Morgan fingerprint density at radius 2 is 1.43 bits per heavy atom. The minimum Gasteiger partial charge on any atom is -0.398 e. The summed E-state index contributed by atoms with van der Waals surface area (Å²) in [7, 11) is -2.90. The van der Waals surface area contributed by atoms with Crippen molar-refractivity contribution in [2.75, 3.05) is 6.54 Å². The van der Waals surface area contributed by atoms with Crippen molar-refractivity contribution in [1.29, 1.82) is 0 Å². The van der Waals surface area contributed by atoms with E-state index in [4.69, 9.17) is 4.43 Å². The molecule has 2 fully saturated rings. The monoisotopic (exact) mass is 780 g/mol. The summed E-state index contributed by atoms with van der Waals surface area (Å²) in [6.45, 7) is 12.3. The van der Waals surface area contributed by atoms with Crippen LogP contribution in [0.4, 0.5) is 0 Å². The Kier molecular flexibility index (Phi) is 14.1. The number of hydrogen-bond donors (Lipinski definition) is 3. The van der Waals surface area contributed by atoms with Gasteiger partial charge in [-0.1, -0.05) is 132 Å². The lowest BCUT2D eigenvalue weighted by atomic mass is 9.94. The third kappa shape index (κ3) is 9.66. The molecule has 3 aromatic carbocycles. The maximum atomic E-state index is 14.0. The van der Waals surface area contributed by atoms with Crippen LogP contribution in [0.2, 0.25) is 5.04 Å². The van der Waals surface area contributed by atoms with Gasteiger partial charge in [-0.15, -0.1) is 0 Å². The van der Waals surface area contributed by atoms with Crippen LogP contribution >= 0.6 is 0 Å². The van der Waals surface area contributed by atoms with Crippen molar-refractivity contribution < 1.29 is 28.4 Å². The highest BCUT2D eigenvalue weighted by molar-refractivity contribution is 6.99. The maximum absolute atomic E-state index is 14.0. The van der Waals surface area contributed by atoms with Gasteiger partial charge in [0.15, 0.2) is 5.78 Å². The Labute approximate surface area is 333 Å². The summed E-state index contributed by atoms with van der Waals surface area (Å²) in [6, 6.07) is 27.4. The van der Waals surface area contributed by atoms with Gasteiger partial charge in [0.05, 0.1) is 0 Å². The Hall–Kier alpha value is -4.61. The second kappa shape index (κ2) is 18.6. The molecule has 5 rings (SSSR count). The normalized spacial score (nSPS) is 22.9. The van der Waals surface area contributed by atoms with Crippen molar-refractivity contribution in [3.05, 3.63) is 96.6 Å². The fourth-order valence-electron chi connectivity index (χ4n) is 8.12. The fourth-order valence-corrected chi connectivity index (χ4v) is 12.8. The zero-order valence-electron chi connectivity index (χ0n) is 33.9. The number of Topliss-reactive ketones (excluding diaryl/α,β-unsaturated/α-hetero) is 1. The predicted molar refractivity (Wildman–Crippen MR) is 222 cm³/mol. The van der Waals surface area contributed by atoms with Crippen LogP contribution in [0.3, 0.4) is 0 Å². The molecule has 2 heterocycles. The molecule has 0 unspecified atom stereocenters. The Morgan fingerprint density at radius 3 is 2.00 bits per heavy atom. The molecular weight excluding hydrogens is 721 g/mol. The van der Waals surface area contributed by atoms with Crippen molar-refractivity contribution in [3.63, 3.8) is 0 Å². The first-order chi connectivity index (χ1) is 26.7. The van der Waals surface area contributed by atoms with Crippen molar-refractivity contribution in [2.24, 2.45) is 0 Å². The van der Waals surface area contributed by atoms with E-state index in [1.54, 1.807) is 18.7 Å². The molecule has 0 saturated carbocycles. The largest absolute Gasteiger partial charge is 0.398 e. The topological polar surface area (TPSA) is 134 Å². The Balaban J connectivity index is 1.25. The number of amides is 4. The van der Waals surface area contributed by atoms with Gasteiger partial charge in [0.1, 0.15) is 29.8 Å². The fraction of sp³-hybridized carbons (Fsp3) is 0.489. The molecule has 2 aliphatic heterocycles. The second-order valence-corrected chi connectivity index (χ2v) is 20.9. The SMILES string of the molecule is CC[C@]1(C)NC(=O)[C@H](CCCCCC(=O)[C@H](C)O[Si](c2ccccc2)(c2ccccc2)C(C)(C)C)NC(=O)[C@H]2CCCN2C(=O)[C@H](Cc2ccccc2)NC1=O. The summed E-state index contributed by atoms with van der Waals surface area (Å²) >= 11 is 0. The highest BCUT2D eigenvalue weighted by atomic mass is 28.4. The number of nitrogens with one attached hydrogen (secondary N) is 3. The first-order valence-electron chi connectivity index (χ1n) is 20.3. The Morgan fingerprint density at radius 1 is 0.839 bits per heavy atom. The number of benzene rings is 3. The van der Waals surface area contributed by atoms with Crippen molar-refractivity contribution in [1.82, 2.24) is 20.9 Å². The van der Waals surface area contributed by atoms with Gasteiger partial charge >= 0.3 is 0 Å². The number of carbonyl (C=O) groups excluding carboxylic acids is 5. The molecule has 4 amide bonds. The molecule has 0 bridgehead atoms. The summed E-state index contributed by atoms with van der Waals surface area (Å²) in [5.74, 6) is -1.55. The summed E-state index contributed by atoms with van der Waals surface area (Å²) in [5.41, 5.74) is -0.435. The van der Waals surface area contributed by atoms with Crippen LogP contribution in [0, 0.1) is 0 Å². The number of carbonyl (C=O) groups is 5. The van der Waals surface area contributed by atoms with Crippen LogP contribution in [-0.4, -0.2) is 78.9 Å². The summed E-state index contributed by atoms with van der Waals surface area (Å²) in [4.78, 5) is 70.8. The van der Waals surface area contributed by atoms with Gasteiger partial charge in [-0.2, -0.15) is 0 Å². The minimum atomic E-state index is -2.90. The lowest BCUT2D eigenvalue weighted by molar-refractivity contribution is -0.144. The molecule has 0 aromatic heterocycles. The number of unbranched alkanes of at least 4 members (excludes halogenated alkanes) is 2.